The summed E-state index contributed by atoms with van der Waals surface area (Å²) in [6.45, 7) is 12.8. The molecule has 15 heteroatoms. The predicted octanol–water partition coefficient (Wildman–Crippen LogP) is 4.83. The lowest BCUT2D eigenvalue weighted by atomic mass is 9.84. The number of aliphatic hydroxyl groups excluding tert-OH is 1. The Kier molecular flexibility index (Phi) is 20.3. The number of halogens is 3. The molecule has 0 spiro atoms. The Morgan fingerprint density at radius 1 is 0.981 bits per heavy atom. The van der Waals surface area contributed by atoms with Gasteiger partial charge in [0, 0.05) is 31.0 Å². The SMILES string of the molecule is CC(C)C.CC(NC(c1cnccn1)C(F)(F)F)C1CCCCC1.CCC.O=CNCC(=O)N1CC2CCCC2C1C(=O)NCC(O)C(=O)NC1CC1. The van der Waals surface area contributed by atoms with Crippen LogP contribution >= 0.6 is 0 Å². The Bertz CT molecular complexity index is 1230. The maximum Gasteiger partial charge on any atom is 0.409 e. The molecule has 0 aromatic carbocycles. The molecule has 5 rings (SSSR count). The van der Waals surface area contributed by atoms with Gasteiger partial charge in [-0.05, 0) is 69.1 Å². The molecular formula is C38H64F3N7O5. The minimum atomic E-state index is -4.36. The predicted molar refractivity (Wildman–Crippen MR) is 197 cm³/mol. The first kappa shape index (κ1) is 45.8. The van der Waals surface area contributed by atoms with Gasteiger partial charge in [-0.15, -0.1) is 0 Å². The van der Waals surface area contributed by atoms with Gasteiger partial charge in [0.25, 0.3) is 5.91 Å². The molecule has 6 atom stereocenters. The first-order valence-electron chi connectivity index (χ1n) is 19.5. The van der Waals surface area contributed by atoms with Crippen LogP contribution in [0.25, 0.3) is 0 Å². The zero-order valence-electron chi connectivity index (χ0n) is 32.5. The molecule has 4 amide bonds. The number of hydrogen-bond donors (Lipinski definition) is 5. The number of nitrogens with zero attached hydrogens (tertiary/aromatic N) is 3. The Hall–Kier alpha value is -3.33. The summed E-state index contributed by atoms with van der Waals surface area (Å²) in [6, 6.07) is -2.39. The highest BCUT2D eigenvalue weighted by atomic mass is 19.4. The lowest BCUT2D eigenvalue weighted by Gasteiger charge is -2.32. The van der Waals surface area contributed by atoms with Crippen LogP contribution in [0, 0.1) is 23.7 Å². The number of nitrogens with one attached hydrogen (secondary N) is 4. The van der Waals surface area contributed by atoms with E-state index in [2.05, 4.69) is 65.9 Å². The van der Waals surface area contributed by atoms with Gasteiger partial charge in [-0.1, -0.05) is 66.7 Å². The first-order chi connectivity index (χ1) is 25.1. The van der Waals surface area contributed by atoms with Crippen molar-refractivity contribution in [3.8, 4) is 0 Å². The van der Waals surface area contributed by atoms with Gasteiger partial charge in [0.2, 0.25) is 18.2 Å². The number of likely N-dealkylation sites (tertiary alicyclic amines) is 1. The van der Waals surface area contributed by atoms with Gasteiger partial charge >= 0.3 is 6.18 Å². The van der Waals surface area contributed by atoms with Crippen molar-refractivity contribution in [2.24, 2.45) is 23.7 Å². The summed E-state index contributed by atoms with van der Waals surface area (Å²) in [6.07, 6.45) is 10.0. The van der Waals surface area contributed by atoms with E-state index in [0.717, 1.165) is 63.7 Å². The summed E-state index contributed by atoms with van der Waals surface area (Å²) >= 11 is 0. The minimum absolute atomic E-state index is 0.0670. The second-order valence-corrected chi connectivity index (χ2v) is 15.3. The molecule has 1 saturated heterocycles. The molecule has 1 aromatic heterocycles. The van der Waals surface area contributed by atoms with E-state index >= 15 is 0 Å². The van der Waals surface area contributed by atoms with Crippen LogP contribution in [-0.2, 0) is 19.2 Å². The molecule has 4 fully saturated rings. The number of aromatic nitrogens is 2. The molecule has 0 bridgehead atoms. The van der Waals surface area contributed by atoms with Gasteiger partial charge in [-0.3, -0.25) is 34.5 Å². The zero-order valence-corrected chi connectivity index (χ0v) is 32.5. The van der Waals surface area contributed by atoms with E-state index in [4.69, 9.17) is 0 Å². The average Bonchev–Trinajstić information content (AvgIpc) is 3.69. The van der Waals surface area contributed by atoms with E-state index in [1.165, 1.54) is 36.3 Å². The van der Waals surface area contributed by atoms with Crippen molar-refractivity contribution in [1.82, 2.24) is 36.1 Å². The van der Waals surface area contributed by atoms with E-state index in [1.54, 1.807) is 0 Å². The molecule has 1 aromatic rings. The second-order valence-electron chi connectivity index (χ2n) is 15.3. The number of aliphatic hydroxyl groups is 1. The number of hydrogen-bond acceptors (Lipinski definition) is 8. The lowest BCUT2D eigenvalue weighted by molar-refractivity contribution is -0.161. The van der Waals surface area contributed by atoms with Crippen molar-refractivity contribution in [3.63, 3.8) is 0 Å². The van der Waals surface area contributed by atoms with Crippen LogP contribution in [-0.4, -0.2) is 94.1 Å². The summed E-state index contributed by atoms with van der Waals surface area (Å²) < 4.78 is 39.6. The van der Waals surface area contributed by atoms with Crippen molar-refractivity contribution < 1.29 is 37.5 Å². The first-order valence-corrected chi connectivity index (χ1v) is 19.5. The Balaban J connectivity index is 0.000000319. The summed E-state index contributed by atoms with van der Waals surface area (Å²) in [5.74, 6) is 0.392. The van der Waals surface area contributed by atoms with Crippen LogP contribution in [0.2, 0.25) is 0 Å². The topological polar surface area (TPSA) is 166 Å². The minimum Gasteiger partial charge on any atom is -0.381 e. The van der Waals surface area contributed by atoms with Crippen LogP contribution in [0.4, 0.5) is 13.2 Å². The fourth-order valence-corrected chi connectivity index (χ4v) is 6.89. The maximum absolute atomic E-state index is 13.2. The molecule has 53 heavy (non-hydrogen) atoms. The molecule has 302 valence electrons. The van der Waals surface area contributed by atoms with Crippen molar-refractivity contribution >= 4 is 24.1 Å². The van der Waals surface area contributed by atoms with Gasteiger partial charge in [0.05, 0.1) is 25.0 Å². The Morgan fingerprint density at radius 3 is 2.17 bits per heavy atom. The van der Waals surface area contributed by atoms with Crippen LogP contribution in [0.5, 0.6) is 0 Å². The molecule has 6 unspecified atom stereocenters. The summed E-state index contributed by atoms with van der Waals surface area (Å²) in [5.41, 5.74) is -0.0670. The third-order valence-electron chi connectivity index (χ3n) is 9.50. The number of carbonyl (C=O) groups is 4. The van der Waals surface area contributed by atoms with Crippen molar-refractivity contribution in [2.45, 2.75) is 149 Å². The van der Waals surface area contributed by atoms with Gasteiger partial charge in [0.15, 0.2) is 0 Å². The molecule has 1 aliphatic heterocycles. The van der Waals surface area contributed by atoms with E-state index in [9.17, 15) is 37.5 Å². The van der Waals surface area contributed by atoms with Crippen molar-refractivity contribution in [1.29, 1.82) is 0 Å². The molecule has 12 nitrogen and oxygen atoms in total. The van der Waals surface area contributed by atoms with Gasteiger partial charge < -0.3 is 26.0 Å². The Labute approximate surface area is 313 Å². The van der Waals surface area contributed by atoms with Crippen LogP contribution < -0.4 is 21.3 Å². The molecule has 0 radical (unpaired) electrons. The van der Waals surface area contributed by atoms with E-state index in [0.29, 0.717) is 18.9 Å². The summed E-state index contributed by atoms with van der Waals surface area (Å²) in [5, 5.41) is 20.3. The molecule has 3 aliphatic carbocycles. The summed E-state index contributed by atoms with van der Waals surface area (Å²) in [4.78, 5) is 56.3. The fraction of sp³-hybridized carbons (Fsp3) is 0.789. The smallest absolute Gasteiger partial charge is 0.381 e. The highest BCUT2D eigenvalue weighted by molar-refractivity contribution is 5.90. The zero-order chi connectivity index (χ0) is 39.6. The number of carbonyl (C=O) groups excluding carboxylic acids is 4. The Morgan fingerprint density at radius 2 is 1.62 bits per heavy atom. The molecule has 2 heterocycles. The highest BCUT2D eigenvalue weighted by Crippen LogP contribution is 2.42. The second kappa shape index (κ2) is 23.5. The normalized spacial score (nSPS) is 22.6. The fourth-order valence-electron chi connectivity index (χ4n) is 6.89. The monoisotopic (exact) mass is 755 g/mol. The largest absolute Gasteiger partial charge is 0.409 e. The number of fused-ring (bicyclic) bond motifs is 1. The highest BCUT2D eigenvalue weighted by Gasteiger charge is 2.49. The molecule has 5 N–H and O–H groups in total. The van der Waals surface area contributed by atoms with Gasteiger partial charge in [0.1, 0.15) is 18.2 Å². The summed E-state index contributed by atoms with van der Waals surface area (Å²) in [7, 11) is 0. The lowest BCUT2D eigenvalue weighted by Crippen LogP contribution is -2.52. The average molecular weight is 756 g/mol. The molecular weight excluding hydrogens is 691 g/mol. The molecule has 3 saturated carbocycles. The van der Waals surface area contributed by atoms with Crippen molar-refractivity contribution in [2.75, 3.05) is 19.6 Å². The van der Waals surface area contributed by atoms with Crippen LogP contribution in [0.3, 0.4) is 0 Å². The number of alkyl halides is 3. The number of amides is 4. The van der Waals surface area contributed by atoms with E-state index in [1.807, 2.05) is 6.92 Å². The van der Waals surface area contributed by atoms with Gasteiger partial charge in [-0.2, -0.15) is 13.2 Å². The maximum atomic E-state index is 13.2. The number of rotatable bonds is 12. The van der Waals surface area contributed by atoms with E-state index in [-0.39, 0.29) is 54.5 Å². The quantitative estimate of drug-likeness (QED) is 0.189. The van der Waals surface area contributed by atoms with Gasteiger partial charge in [-0.25, -0.2) is 0 Å². The van der Waals surface area contributed by atoms with E-state index < -0.39 is 30.3 Å². The van der Waals surface area contributed by atoms with Crippen LogP contribution in [0.15, 0.2) is 18.6 Å². The third-order valence-corrected chi connectivity index (χ3v) is 9.50. The van der Waals surface area contributed by atoms with Crippen molar-refractivity contribution in [3.05, 3.63) is 24.3 Å². The van der Waals surface area contributed by atoms with Crippen LogP contribution in [0.1, 0.15) is 124 Å². The molecule has 4 aliphatic rings. The third kappa shape index (κ3) is 16.3. The standard InChI is InChI=1S/C17H26N4O5.C14H20F3N3.C4H10.C3H8/c22-9-18-7-14(24)21-8-10-2-1-3-12(10)15(21)17(26)19-6-13(23)16(25)20-11-4-5-11;1-10(11-5-3-2-4-6-11)20-13(14(15,16)17)12-9-18-7-8-19-12;1-4(2)3;1-3-2/h9-13,15,23H,1-8H2,(H,18,22)(H,19,26)(H,20,25);7-11,13,20H,2-6H2,1H3;4H,1-3H3;3H2,1-2H3.